The van der Waals surface area contributed by atoms with Gasteiger partial charge in [-0.2, -0.15) is 0 Å². The average Bonchev–Trinajstić information content (AvgIpc) is 2.59. The summed E-state index contributed by atoms with van der Waals surface area (Å²) in [6.45, 7) is 5.52. The maximum absolute atomic E-state index is 9.01. The smallest absolute Gasteiger partial charge is 0.127 e. The van der Waals surface area contributed by atoms with Crippen LogP contribution in [0.5, 0.6) is 5.75 Å². The van der Waals surface area contributed by atoms with Gasteiger partial charge in [-0.3, -0.25) is 0 Å². The number of hydrogen-bond acceptors (Lipinski definition) is 3. The highest BCUT2D eigenvalue weighted by Gasteiger charge is 2.08. The fourth-order valence-electron chi connectivity index (χ4n) is 2.51. The topological polar surface area (TPSA) is 32.7 Å². The minimum absolute atomic E-state index is 0. The Hall–Kier alpha value is -1.26. The molecule has 24 heavy (non-hydrogen) atoms. The van der Waals surface area contributed by atoms with E-state index in [2.05, 4.69) is 24.0 Å². The number of halogens is 2. The second-order valence-electron chi connectivity index (χ2n) is 5.37. The van der Waals surface area contributed by atoms with E-state index in [0.29, 0.717) is 18.2 Å². The summed E-state index contributed by atoms with van der Waals surface area (Å²) in [5.74, 6) is 0.853. The molecule has 0 aliphatic heterocycles. The molecule has 0 spiro atoms. The number of likely N-dealkylation sites (N-methyl/N-ethyl adjacent to an activating group) is 1. The molecular formula is C19H25Cl2NO2. The molecule has 0 fully saturated rings. The zero-order chi connectivity index (χ0) is 16.5. The van der Waals surface area contributed by atoms with Crippen molar-refractivity contribution in [2.45, 2.75) is 13.3 Å². The van der Waals surface area contributed by atoms with E-state index in [0.717, 1.165) is 36.4 Å². The molecule has 2 aromatic carbocycles. The Labute approximate surface area is 155 Å². The molecule has 0 radical (unpaired) electrons. The van der Waals surface area contributed by atoms with Crippen molar-refractivity contribution in [1.82, 2.24) is 4.90 Å². The number of ether oxygens (including phenoxy) is 1. The van der Waals surface area contributed by atoms with E-state index in [4.69, 9.17) is 21.4 Å². The zero-order valence-electron chi connectivity index (χ0n) is 14.0. The van der Waals surface area contributed by atoms with Crippen LogP contribution in [0.1, 0.15) is 13.3 Å². The summed E-state index contributed by atoms with van der Waals surface area (Å²) in [6, 6.07) is 15.8. The SMILES string of the molecule is CCN(CCO)CCCOc1ccc(Cl)cc1-c1ccccc1.Cl. The van der Waals surface area contributed by atoms with Crippen molar-refractivity contribution in [3.05, 3.63) is 53.6 Å². The minimum Gasteiger partial charge on any atom is -0.493 e. The molecule has 0 heterocycles. The fourth-order valence-corrected chi connectivity index (χ4v) is 2.68. The standard InChI is InChI=1S/C19H24ClNO2.ClH/c1-2-21(12-13-22)11-6-14-23-19-10-9-17(20)15-18(19)16-7-4-3-5-8-16;/h3-5,7-10,15,22H,2,6,11-14H2,1H3;1H. The Morgan fingerprint density at radius 1 is 1.08 bits per heavy atom. The van der Waals surface area contributed by atoms with Crippen LogP contribution in [0.4, 0.5) is 0 Å². The molecule has 5 heteroatoms. The summed E-state index contributed by atoms with van der Waals surface area (Å²) >= 11 is 6.14. The predicted molar refractivity (Wildman–Crippen MR) is 103 cm³/mol. The maximum Gasteiger partial charge on any atom is 0.127 e. The third kappa shape index (κ3) is 6.33. The third-order valence-electron chi connectivity index (χ3n) is 3.77. The van der Waals surface area contributed by atoms with Gasteiger partial charge in [0.25, 0.3) is 0 Å². The van der Waals surface area contributed by atoms with Crippen LogP contribution in [0.2, 0.25) is 5.02 Å². The van der Waals surface area contributed by atoms with Crippen LogP contribution in [0.15, 0.2) is 48.5 Å². The van der Waals surface area contributed by atoms with E-state index in [1.54, 1.807) is 0 Å². The second kappa shape index (κ2) is 11.3. The Morgan fingerprint density at radius 3 is 2.50 bits per heavy atom. The molecule has 2 aromatic rings. The molecule has 0 aromatic heterocycles. The van der Waals surface area contributed by atoms with Crippen molar-refractivity contribution in [1.29, 1.82) is 0 Å². The summed E-state index contributed by atoms with van der Waals surface area (Å²) in [6.07, 6.45) is 0.921. The van der Waals surface area contributed by atoms with Crippen molar-refractivity contribution in [2.24, 2.45) is 0 Å². The van der Waals surface area contributed by atoms with Crippen molar-refractivity contribution >= 4 is 24.0 Å². The first-order valence-electron chi connectivity index (χ1n) is 8.05. The lowest BCUT2D eigenvalue weighted by atomic mass is 10.0. The summed E-state index contributed by atoms with van der Waals surface area (Å²) < 4.78 is 5.97. The monoisotopic (exact) mass is 369 g/mol. The van der Waals surface area contributed by atoms with Gasteiger partial charge in [-0.15, -0.1) is 12.4 Å². The van der Waals surface area contributed by atoms with Crippen LogP contribution in [-0.4, -0.2) is 42.9 Å². The van der Waals surface area contributed by atoms with Gasteiger partial charge in [-0.25, -0.2) is 0 Å². The Balaban J connectivity index is 0.00000288. The van der Waals surface area contributed by atoms with Crippen molar-refractivity contribution < 1.29 is 9.84 Å². The van der Waals surface area contributed by atoms with E-state index in [1.807, 2.05) is 36.4 Å². The fraction of sp³-hybridized carbons (Fsp3) is 0.368. The van der Waals surface area contributed by atoms with Crippen LogP contribution in [0.25, 0.3) is 11.1 Å². The summed E-state index contributed by atoms with van der Waals surface area (Å²) in [7, 11) is 0. The Kier molecular flexibility index (Phi) is 9.80. The van der Waals surface area contributed by atoms with Gasteiger partial charge in [0.2, 0.25) is 0 Å². The highest BCUT2D eigenvalue weighted by molar-refractivity contribution is 6.31. The van der Waals surface area contributed by atoms with Gasteiger partial charge in [-0.1, -0.05) is 48.9 Å². The molecule has 0 saturated carbocycles. The number of rotatable bonds is 9. The van der Waals surface area contributed by atoms with Crippen molar-refractivity contribution in [2.75, 3.05) is 32.8 Å². The highest BCUT2D eigenvalue weighted by Crippen LogP contribution is 2.32. The van der Waals surface area contributed by atoms with Crippen LogP contribution < -0.4 is 4.74 Å². The van der Waals surface area contributed by atoms with Crippen molar-refractivity contribution in [3.63, 3.8) is 0 Å². The van der Waals surface area contributed by atoms with Gasteiger partial charge in [0.05, 0.1) is 13.2 Å². The second-order valence-corrected chi connectivity index (χ2v) is 5.80. The van der Waals surface area contributed by atoms with Crippen LogP contribution in [0, 0.1) is 0 Å². The number of hydrogen-bond donors (Lipinski definition) is 1. The van der Waals surface area contributed by atoms with Crippen molar-refractivity contribution in [3.8, 4) is 16.9 Å². The molecule has 0 aliphatic carbocycles. The molecule has 0 atom stereocenters. The number of nitrogens with zero attached hydrogens (tertiary/aromatic N) is 1. The number of aliphatic hydroxyl groups is 1. The summed E-state index contributed by atoms with van der Waals surface area (Å²) in [4.78, 5) is 2.21. The molecule has 0 bridgehead atoms. The lowest BCUT2D eigenvalue weighted by Crippen LogP contribution is -2.28. The molecule has 2 rings (SSSR count). The molecular weight excluding hydrogens is 345 g/mol. The van der Waals surface area contributed by atoms with Gasteiger partial charge in [-0.05, 0) is 36.7 Å². The lowest BCUT2D eigenvalue weighted by Gasteiger charge is -2.19. The van der Waals surface area contributed by atoms with Gasteiger partial charge < -0.3 is 14.7 Å². The van der Waals surface area contributed by atoms with Gasteiger partial charge in [0.15, 0.2) is 0 Å². The zero-order valence-corrected chi connectivity index (χ0v) is 15.5. The quantitative estimate of drug-likeness (QED) is 0.659. The Bertz CT molecular complexity index is 593. The molecule has 1 N–H and O–H groups in total. The Morgan fingerprint density at radius 2 is 1.83 bits per heavy atom. The first kappa shape index (κ1) is 20.8. The number of aliphatic hydroxyl groups excluding tert-OH is 1. The molecule has 132 valence electrons. The number of benzene rings is 2. The van der Waals surface area contributed by atoms with Gasteiger partial charge in [0, 0.05) is 23.7 Å². The minimum atomic E-state index is 0. The average molecular weight is 370 g/mol. The first-order chi connectivity index (χ1) is 11.2. The molecule has 0 saturated heterocycles. The van der Waals surface area contributed by atoms with Gasteiger partial charge in [0.1, 0.15) is 5.75 Å². The van der Waals surface area contributed by atoms with E-state index in [9.17, 15) is 0 Å². The normalized spacial score (nSPS) is 10.5. The molecule has 0 aliphatic rings. The van der Waals surface area contributed by atoms with E-state index in [-0.39, 0.29) is 19.0 Å². The molecule has 0 amide bonds. The summed E-state index contributed by atoms with van der Waals surface area (Å²) in [5.41, 5.74) is 2.11. The molecule has 3 nitrogen and oxygen atoms in total. The largest absolute Gasteiger partial charge is 0.493 e. The maximum atomic E-state index is 9.01. The molecule has 0 unspecified atom stereocenters. The lowest BCUT2D eigenvalue weighted by molar-refractivity contribution is 0.189. The van der Waals surface area contributed by atoms with E-state index < -0.39 is 0 Å². The van der Waals surface area contributed by atoms with Crippen LogP contribution in [0.3, 0.4) is 0 Å². The van der Waals surface area contributed by atoms with Gasteiger partial charge >= 0.3 is 0 Å². The van der Waals surface area contributed by atoms with Crippen LogP contribution >= 0.6 is 24.0 Å². The van der Waals surface area contributed by atoms with E-state index in [1.165, 1.54) is 0 Å². The summed E-state index contributed by atoms with van der Waals surface area (Å²) in [5, 5.41) is 9.71. The van der Waals surface area contributed by atoms with E-state index >= 15 is 0 Å². The highest BCUT2D eigenvalue weighted by atomic mass is 35.5. The van der Waals surface area contributed by atoms with Crippen LogP contribution in [-0.2, 0) is 0 Å². The first-order valence-corrected chi connectivity index (χ1v) is 8.43. The third-order valence-corrected chi connectivity index (χ3v) is 4.00. The predicted octanol–water partition coefficient (Wildman–Crippen LogP) is 4.51.